The van der Waals surface area contributed by atoms with Crippen LogP contribution in [0.2, 0.25) is 0 Å². The Morgan fingerprint density at radius 2 is 2.00 bits per heavy atom. The fourth-order valence-electron chi connectivity index (χ4n) is 3.31. The Hall–Kier alpha value is -3.79. The predicted octanol–water partition coefficient (Wildman–Crippen LogP) is 1.81. The molecular weight excluding hydrogens is 458 g/mol. The van der Waals surface area contributed by atoms with Crippen molar-refractivity contribution in [3.05, 3.63) is 59.1 Å². The largest absolute Gasteiger partial charge is 0.364 e. The van der Waals surface area contributed by atoms with Crippen LogP contribution in [0.3, 0.4) is 0 Å². The molecule has 0 saturated carbocycles. The van der Waals surface area contributed by atoms with Crippen LogP contribution in [0.5, 0.6) is 0 Å². The Balaban J connectivity index is 1.96. The predicted molar refractivity (Wildman–Crippen MR) is 141 cm³/mol. The third kappa shape index (κ3) is 8.16. The van der Waals surface area contributed by atoms with Gasteiger partial charge in [-0.15, -0.1) is 0 Å². The number of nitrogens with zero attached hydrogens (tertiary/aromatic N) is 4. The normalized spacial score (nSPS) is 15.1. The average molecular weight is 502 g/mol. The standard InChI is InChI=1S/C26H37N7O3/c1-7-21-17(2)29-25(23(31-21)24(27)35)30-20-11-8-10-19(16-20)13-14-28-26(36)18(3)33(6)22(34)12-9-15-32(4)5/h8-12,16,18H,7,13-15H2,1-6H3,(H2,27,35)(H,28,36)(H,29,30)/i4D3,5D3. The van der Waals surface area contributed by atoms with Crippen molar-refractivity contribution in [2.45, 2.75) is 39.7 Å². The summed E-state index contributed by atoms with van der Waals surface area (Å²) in [6.07, 6.45) is 3.25. The topological polar surface area (TPSA) is 134 Å². The number of aryl methyl sites for hydroxylation is 2. The number of likely N-dealkylation sites (N-methyl/N-ethyl adjacent to an activating group) is 2. The van der Waals surface area contributed by atoms with Crippen LogP contribution in [0.15, 0.2) is 36.4 Å². The summed E-state index contributed by atoms with van der Waals surface area (Å²) in [7, 11) is 1.41. The highest BCUT2D eigenvalue weighted by Crippen LogP contribution is 2.20. The van der Waals surface area contributed by atoms with Gasteiger partial charge in [-0.25, -0.2) is 9.97 Å². The van der Waals surface area contributed by atoms with E-state index in [1.807, 2.05) is 25.1 Å². The quantitative estimate of drug-likeness (QED) is 0.378. The highest BCUT2D eigenvalue weighted by Gasteiger charge is 2.20. The van der Waals surface area contributed by atoms with E-state index >= 15 is 0 Å². The van der Waals surface area contributed by atoms with Crippen molar-refractivity contribution >= 4 is 29.2 Å². The number of hydrogen-bond acceptors (Lipinski definition) is 7. The van der Waals surface area contributed by atoms with Gasteiger partial charge in [-0.05, 0) is 58.3 Å². The molecule has 194 valence electrons. The molecule has 0 aliphatic carbocycles. The summed E-state index contributed by atoms with van der Waals surface area (Å²) in [6.45, 7) is -0.716. The maximum atomic E-state index is 12.7. The molecule has 0 aliphatic heterocycles. The molecule has 1 aromatic heterocycles. The summed E-state index contributed by atoms with van der Waals surface area (Å²) in [4.78, 5) is 47.3. The lowest BCUT2D eigenvalue weighted by atomic mass is 10.1. The summed E-state index contributed by atoms with van der Waals surface area (Å²) >= 11 is 0. The van der Waals surface area contributed by atoms with Crippen molar-refractivity contribution in [1.82, 2.24) is 25.1 Å². The van der Waals surface area contributed by atoms with Crippen molar-refractivity contribution < 1.29 is 22.6 Å². The number of primary amides is 1. The average Bonchev–Trinajstić information content (AvgIpc) is 2.88. The zero-order valence-electron chi connectivity index (χ0n) is 27.0. The number of hydrogen-bond donors (Lipinski definition) is 3. The van der Waals surface area contributed by atoms with E-state index in [0.717, 1.165) is 22.6 Å². The molecule has 0 bridgehead atoms. The molecule has 0 saturated heterocycles. The first kappa shape index (κ1) is 20.4. The minimum atomic E-state index is -2.87. The highest BCUT2D eigenvalue weighted by molar-refractivity contribution is 5.96. The Labute approximate surface area is 221 Å². The molecule has 0 aliphatic rings. The van der Waals surface area contributed by atoms with Crippen LogP contribution in [-0.2, 0) is 22.4 Å². The molecule has 1 heterocycles. The van der Waals surface area contributed by atoms with Crippen molar-refractivity contribution in [2.24, 2.45) is 5.73 Å². The Kier molecular flexibility index (Phi) is 7.56. The van der Waals surface area contributed by atoms with Gasteiger partial charge in [0.2, 0.25) is 11.8 Å². The van der Waals surface area contributed by atoms with Crippen LogP contribution in [0, 0.1) is 6.92 Å². The number of anilines is 2. The summed E-state index contributed by atoms with van der Waals surface area (Å²) in [5.41, 5.74) is 8.45. The summed E-state index contributed by atoms with van der Waals surface area (Å²) in [6, 6.07) is 6.47. The summed E-state index contributed by atoms with van der Waals surface area (Å²) in [5, 5.41) is 5.87. The second-order valence-electron chi connectivity index (χ2n) is 8.18. The third-order valence-corrected chi connectivity index (χ3v) is 5.50. The Morgan fingerprint density at radius 1 is 1.25 bits per heavy atom. The van der Waals surface area contributed by atoms with Gasteiger partial charge in [0, 0.05) is 40.1 Å². The molecule has 1 aromatic carbocycles. The fourth-order valence-corrected chi connectivity index (χ4v) is 3.31. The van der Waals surface area contributed by atoms with Crippen LogP contribution >= 0.6 is 0 Å². The van der Waals surface area contributed by atoms with Gasteiger partial charge in [0.15, 0.2) is 11.5 Å². The lowest BCUT2D eigenvalue weighted by molar-refractivity contribution is -0.135. The number of carbonyl (C=O) groups excluding carboxylic acids is 3. The van der Waals surface area contributed by atoms with Crippen LogP contribution in [0.4, 0.5) is 11.5 Å². The third-order valence-electron chi connectivity index (χ3n) is 5.50. The van der Waals surface area contributed by atoms with E-state index in [-0.39, 0.29) is 18.1 Å². The van der Waals surface area contributed by atoms with E-state index in [4.69, 9.17) is 14.0 Å². The molecule has 0 fully saturated rings. The Bertz CT molecular complexity index is 1300. The van der Waals surface area contributed by atoms with Crippen molar-refractivity contribution in [3.63, 3.8) is 0 Å². The van der Waals surface area contributed by atoms with Crippen LogP contribution < -0.4 is 16.4 Å². The zero-order chi connectivity index (χ0) is 31.8. The van der Waals surface area contributed by atoms with Gasteiger partial charge in [-0.1, -0.05) is 25.1 Å². The molecule has 10 heteroatoms. The maximum absolute atomic E-state index is 12.7. The number of nitrogens with two attached hydrogens (primary N) is 1. The first-order chi connectivity index (χ1) is 19.4. The second-order valence-corrected chi connectivity index (χ2v) is 8.18. The number of carbonyl (C=O) groups is 3. The monoisotopic (exact) mass is 501 g/mol. The van der Waals surface area contributed by atoms with E-state index in [2.05, 4.69) is 20.6 Å². The minimum absolute atomic E-state index is 0.0458. The summed E-state index contributed by atoms with van der Waals surface area (Å²) in [5.74, 6) is -1.44. The van der Waals surface area contributed by atoms with Crippen molar-refractivity contribution in [3.8, 4) is 0 Å². The molecule has 2 rings (SSSR count). The molecule has 2 aromatic rings. The molecule has 3 amide bonds. The number of benzene rings is 1. The van der Waals surface area contributed by atoms with Gasteiger partial charge >= 0.3 is 0 Å². The number of rotatable bonds is 12. The molecule has 36 heavy (non-hydrogen) atoms. The van der Waals surface area contributed by atoms with E-state index < -0.39 is 44.3 Å². The van der Waals surface area contributed by atoms with Crippen molar-refractivity contribution in [2.75, 3.05) is 39.4 Å². The SMILES string of the molecule is [2H]C([2H])([2H])N(CC=CC(=O)N(C)C(C)C(=O)NCCc1cccc(Nc2nc(C)c(CC)nc2C(N)=O)c1)C([2H])([2H])[2H]. The maximum Gasteiger partial charge on any atom is 0.271 e. The molecule has 4 N–H and O–H groups in total. The van der Waals surface area contributed by atoms with E-state index in [9.17, 15) is 14.4 Å². The molecule has 1 atom stereocenters. The number of amides is 3. The van der Waals surface area contributed by atoms with Crippen LogP contribution in [0.1, 0.15) is 49.5 Å². The van der Waals surface area contributed by atoms with Gasteiger partial charge in [0.05, 0.1) is 11.4 Å². The van der Waals surface area contributed by atoms with Gasteiger partial charge in [0.25, 0.3) is 5.91 Å². The van der Waals surface area contributed by atoms with Gasteiger partial charge in [-0.3, -0.25) is 14.4 Å². The highest BCUT2D eigenvalue weighted by atomic mass is 16.2. The second kappa shape index (κ2) is 13.3. The molecular formula is C26H37N7O3. The molecule has 0 radical (unpaired) electrons. The Morgan fingerprint density at radius 3 is 2.67 bits per heavy atom. The zero-order valence-corrected chi connectivity index (χ0v) is 21.0. The molecule has 0 spiro atoms. The number of aromatic nitrogens is 2. The van der Waals surface area contributed by atoms with E-state index in [1.54, 1.807) is 13.0 Å². The first-order valence-corrected chi connectivity index (χ1v) is 11.5. The van der Waals surface area contributed by atoms with Crippen molar-refractivity contribution in [1.29, 1.82) is 0 Å². The summed E-state index contributed by atoms with van der Waals surface area (Å²) < 4.78 is 44.2. The molecule has 1 unspecified atom stereocenters. The lowest BCUT2D eigenvalue weighted by Crippen LogP contribution is -2.45. The van der Waals surface area contributed by atoms with E-state index in [0.29, 0.717) is 34.8 Å². The van der Waals surface area contributed by atoms with Gasteiger partial charge in [-0.2, -0.15) is 0 Å². The van der Waals surface area contributed by atoms with Gasteiger partial charge < -0.3 is 26.2 Å². The molecule has 10 nitrogen and oxygen atoms in total. The minimum Gasteiger partial charge on any atom is -0.364 e. The smallest absolute Gasteiger partial charge is 0.271 e. The van der Waals surface area contributed by atoms with Gasteiger partial charge in [0.1, 0.15) is 6.04 Å². The number of nitrogens with one attached hydrogen (secondary N) is 2. The lowest BCUT2D eigenvalue weighted by Gasteiger charge is -2.23. The van der Waals surface area contributed by atoms with E-state index in [1.165, 1.54) is 14.0 Å². The fraction of sp³-hybridized carbons (Fsp3) is 0.423. The van der Waals surface area contributed by atoms with Crippen LogP contribution in [0.25, 0.3) is 0 Å². The first-order valence-electron chi connectivity index (χ1n) is 14.5. The van der Waals surface area contributed by atoms with Crippen LogP contribution in [-0.4, -0.2) is 77.6 Å².